The molecule has 1 saturated heterocycles. The van der Waals surface area contributed by atoms with Crippen LogP contribution in [0.3, 0.4) is 0 Å². The highest BCUT2D eigenvalue weighted by Crippen LogP contribution is 2.29. The van der Waals surface area contributed by atoms with Crippen molar-refractivity contribution in [1.82, 2.24) is 0 Å². The molecule has 1 aliphatic heterocycles. The number of morpholine rings is 1. The van der Waals surface area contributed by atoms with Crippen LogP contribution in [0.25, 0.3) is 0 Å². The molecule has 0 aromatic heterocycles. The summed E-state index contributed by atoms with van der Waals surface area (Å²) >= 11 is 0. The lowest BCUT2D eigenvalue weighted by atomic mass is 10.1. The second-order valence-electron chi connectivity index (χ2n) is 4.76. The number of aliphatic hydroxyl groups excluding tert-OH is 1. The minimum absolute atomic E-state index is 0.0824. The van der Waals surface area contributed by atoms with E-state index < -0.39 is 0 Å². The van der Waals surface area contributed by atoms with Gasteiger partial charge in [0, 0.05) is 12.1 Å². The van der Waals surface area contributed by atoms with Crippen LogP contribution < -0.4 is 4.90 Å². The zero-order valence-corrected chi connectivity index (χ0v) is 10.9. The van der Waals surface area contributed by atoms with Gasteiger partial charge in [-0.05, 0) is 19.4 Å². The van der Waals surface area contributed by atoms with Gasteiger partial charge >= 0.3 is 0 Å². The molecule has 2 rings (SSSR count). The quantitative estimate of drug-likeness (QED) is 0.897. The second kappa shape index (κ2) is 5.67. The van der Waals surface area contributed by atoms with Gasteiger partial charge in [0.1, 0.15) is 5.82 Å². The molecule has 18 heavy (non-hydrogen) atoms. The SMILES string of the molecule is CCC1COC(C)CN1c1c(F)cccc1CO. The maximum Gasteiger partial charge on any atom is 0.146 e. The van der Waals surface area contributed by atoms with E-state index in [2.05, 4.69) is 6.92 Å². The molecule has 0 spiro atoms. The fourth-order valence-corrected chi connectivity index (χ4v) is 2.47. The highest BCUT2D eigenvalue weighted by Gasteiger charge is 2.28. The van der Waals surface area contributed by atoms with Crippen LogP contribution in [0.15, 0.2) is 18.2 Å². The van der Waals surface area contributed by atoms with E-state index in [4.69, 9.17) is 4.74 Å². The Kier molecular flexibility index (Phi) is 4.19. The summed E-state index contributed by atoms with van der Waals surface area (Å²) in [5, 5.41) is 9.37. The first kappa shape index (κ1) is 13.3. The van der Waals surface area contributed by atoms with Crippen molar-refractivity contribution >= 4 is 5.69 Å². The number of anilines is 1. The summed E-state index contributed by atoms with van der Waals surface area (Å²) in [5.41, 5.74) is 1.17. The number of hydrogen-bond acceptors (Lipinski definition) is 3. The number of halogens is 1. The Bertz CT molecular complexity index is 411. The van der Waals surface area contributed by atoms with Crippen molar-refractivity contribution in [3.05, 3.63) is 29.6 Å². The van der Waals surface area contributed by atoms with E-state index in [0.717, 1.165) is 6.42 Å². The zero-order valence-electron chi connectivity index (χ0n) is 10.9. The van der Waals surface area contributed by atoms with E-state index >= 15 is 0 Å². The summed E-state index contributed by atoms with van der Waals surface area (Å²) in [6, 6.07) is 5.02. The average Bonchev–Trinajstić information content (AvgIpc) is 2.38. The summed E-state index contributed by atoms with van der Waals surface area (Å²) in [6.07, 6.45) is 0.977. The molecule has 0 radical (unpaired) electrons. The predicted octanol–water partition coefficient (Wildman–Crippen LogP) is 2.32. The Morgan fingerprint density at radius 1 is 1.50 bits per heavy atom. The first-order valence-corrected chi connectivity index (χ1v) is 6.43. The molecule has 1 aromatic carbocycles. The summed E-state index contributed by atoms with van der Waals surface area (Å²) in [5.74, 6) is -0.269. The van der Waals surface area contributed by atoms with E-state index in [1.165, 1.54) is 6.07 Å². The van der Waals surface area contributed by atoms with Crippen molar-refractivity contribution in [2.75, 3.05) is 18.1 Å². The number of para-hydroxylation sites is 1. The molecule has 3 nitrogen and oxygen atoms in total. The van der Waals surface area contributed by atoms with Crippen LogP contribution in [0.5, 0.6) is 0 Å². The third-order valence-electron chi connectivity index (χ3n) is 3.47. The van der Waals surface area contributed by atoms with Crippen molar-refractivity contribution in [2.24, 2.45) is 0 Å². The summed E-state index contributed by atoms with van der Waals surface area (Å²) < 4.78 is 19.7. The number of benzene rings is 1. The predicted molar refractivity (Wildman–Crippen MR) is 69.2 cm³/mol. The average molecular weight is 253 g/mol. The summed E-state index contributed by atoms with van der Waals surface area (Å²) in [6.45, 7) is 5.17. The minimum atomic E-state index is -0.269. The highest BCUT2D eigenvalue weighted by atomic mass is 19.1. The molecule has 2 unspecified atom stereocenters. The van der Waals surface area contributed by atoms with Gasteiger partial charge in [-0.25, -0.2) is 4.39 Å². The number of nitrogens with zero attached hydrogens (tertiary/aromatic N) is 1. The minimum Gasteiger partial charge on any atom is -0.392 e. The van der Waals surface area contributed by atoms with Crippen LogP contribution in [0.1, 0.15) is 25.8 Å². The topological polar surface area (TPSA) is 32.7 Å². The standard InChI is InChI=1S/C14H20FNO2/c1-3-12-9-18-10(2)7-16(12)14-11(8-17)5-4-6-13(14)15/h4-6,10,12,17H,3,7-9H2,1-2H3. The second-order valence-corrected chi connectivity index (χ2v) is 4.76. The maximum atomic E-state index is 14.1. The molecule has 1 fully saturated rings. The first-order chi connectivity index (χ1) is 8.67. The van der Waals surface area contributed by atoms with Gasteiger partial charge in [0.05, 0.1) is 31.0 Å². The van der Waals surface area contributed by atoms with Gasteiger partial charge in [-0.1, -0.05) is 19.1 Å². The van der Waals surface area contributed by atoms with Gasteiger partial charge < -0.3 is 14.7 Å². The largest absolute Gasteiger partial charge is 0.392 e. The molecule has 2 atom stereocenters. The van der Waals surface area contributed by atoms with E-state index in [9.17, 15) is 9.50 Å². The van der Waals surface area contributed by atoms with Crippen LogP contribution >= 0.6 is 0 Å². The number of rotatable bonds is 3. The molecule has 1 aliphatic rings. The smallest absolute Gasteiger partial charge is 0.146 e. The molecular formula is C14H20FNO2. The van der Waals surface area contributed by atoms with Crippen molar-refractivity contribution in [2.45, 2.75) is 39.0 Å². The Balaban J connectivity index is 2.38. The summed E-state index contributed by atoms with van der Waals surface area (Å²) in [7, 11) is 0. The van der Waals surface area contributed by atoms with E-state index in [0.29, 0.717) is 24.4 Å². The molecule has 1 N–H and O–H groups in total. The first-order valence-electron chi connectivity index (χ1n) is 6.43. The van der Waals surface area contributed by atoms with Crippen LogP contribution in [-0.4, -0.2) is 30.4 Å². The fraction of sp³-hybridized carbons (Fsp3) is 0.571. The highest BCUT2D eigenvalue weighted by molar-refractivity contribution is 5.56. The molecule has 1 heterocycles. The van der Waals surface area contributed by atoms with Gasteiger partial charge in [-0.3, -0.25) is 0 Å². The molecule has 0 aliphatic carbocycles. The van der Waals surface area contributed by atoms with Crippen molar-refractivity contribution < 1.29 is 14.2 Å². The van der Waals surface area contributed by atoms with Crippen LogP contribution in [0, 0.1) is 5.82 Å². The number of ether oxygens (including phenoxy) is 1. The van der Waals surface area contributed by atoms with Crippen LogP contribution in [-0.2, 0) is 11.3 Å². The van der Waals surface area contributed by atoms with Crippen molar-refractivity contribution in [1.29, 1.82) is 0 Å². The molecule has 1 aromatic rings. The van der Waals surface area contributed by atoms with Crippen LogP contribution in [0.2, 0.25) is 0 Å². The van der Waals surface area contributed by atoms with Gasteiger partial charge in [-0.2, -0.15) is 0 Å². The fourth-order valence-electron chi connectivity index (χ4n) is 2.47. The van der Waals surface area contributed by atoms with Crippen molar-refractivity contribution in [3.63, 3.8) is 0 Å². The molecule has 100 valence electrons. The molecule has 0 saturated carbocycles. The lowest BCUT2D eigenvalue weighted by molar-refractivity contribution is 0.0295. The van der Waals surface area contributed by atoms with E-state index in [1.54, 1.807) is 12.1 Å². The van der Waals surface area contributed by atoms with E-state index in [-0.39, 0.29) is 24.6 Å². The zero-order chi connectivity index (χ0) is 13.1. The lowest BCUT2D eigenvalue weighted by Crippen LogP contribution is -2.49. The third kappa shape index (κ3) is 2.49. The Morgan fingerprint density at radius 2 is 2.28 bits per heavy atom. The van der Waals surface area contributed by atoms with Crippen LogP contribution in [0.4, 0.5) is 10.1 Å². The van der Waals surface area contributed by atoms with Gasteiger partial charge in [0.2, 0.25) is 0 Å². The molecular weight excluding hydrogens is 233 g/mol. The molecule has 0 amide bonds. The Labute approximate surface area is 107 Å². The number of hydrogen-bond donors (Lipinski definition) is 1. The molecule has 4 heteroatoms. The molecule has 0 bridgehead atoms. The number of aliphatic hydroxyl groups is 1. The monoisotopic (exact) mass is 253 g/mol. The Morgan fingerprint density at radius 3 is 2.94 bits per heavy atom. The maximum absolute atomic E-state index is 14.1. The van der Waals surface area contributed by atoms with Gasteiger partial charge in [0.15, 0.2) is 0 Å². The van der Waals surface area contributed by atoms with Gasteiger partial charge in [-0.15, -0.1) is 0 Å². The summed E-state index contributed by atoms with van der Waals surface area (Å²) in [4.78, 5) is 2.04. The van der Waals surface area contributed by atoms with E-state index in [1.807, 2.05) is 11.8 Å². The third-order valence-corrected chi connectivity index (χ3v) is 3.47. The lowest BCUT2D eigenvalue weighted by Gasteiger charge is -2.40. The normalized spacial score (nSPS) is 24.3. The van der Waals surface area contributed by atoms with Gasteiger partial charge in [0.25, 0.3) is 0 Å². The van der Waals surface area contributed by atoms with Crippen molar-refractivity contribution in [3.8, 4) is 0 Å². The Hall–Kier alpha value is -1.13.